The highest BCUT2D eigenvalue weighted by Gasteiger charge is 2.31. The molecule has 98 heavy (non-hydrogen) atoms. The summed E-state index contributed by atoms with van der Waals surface area (Å²) in [6, 6.07) is 43.4. The summed E-state index contributed by atoms with van der Waals surface area (Å²) in [5.74, 6) is 1.96. The third kappa shape index (κ3) is 18.2. The number of nitrogens with two attached hydrogens (primary N) is 1. The molecule has 0 bridgehead atoms. The summed E-state index contributed by atoms with van der Waals surface area (Å²) in [6.07, 6.45) is 4.94. The number of benzene rings is 6. The standard InChI is InChI=1S/C27H28ClN3O4.C24H22ClN3O3.C22H20ClN3O2.CHI3/c1-27(2,3)35-26(33)29-14-23-20-13-24(32)31(4)15-22(20)19-11-10-18(34-5)12-21(19)25(30-23)16-6-8-17(28)9-7-16;1-14(29)26-12-22-19-11-23(30)28(2)13-21(19)18-9-8-17(31-3)10-20(18)24(27-22)15-4-6-16(25)7-5-15;1-26-12-19-16-8-7-15(28-2)9-18(16)22(13-3-5-14(23)6-4-13)25-20(11-24)17(19)10-21(26)27;2-1(3)4/h6-13,15,23H,14H2,1-5H3,(H,29,33);4-11,13,22H,12H2,1-3H3,(H,26,29);3-10,12,20H,11,24H2,1-2H3;1H. The molecule has 12 rings (SSSR count). The molecule has 508 valence electrons. The van der Waals surface area contributed by atoms with Gasteiger partial charge >= 0.3 is 6.09 Å². The van der Waals surface area contributed by atoms with Crippen molar-refractivity contribution in [3.8, 4) is 50.6 Å². The largest absolute Gasteiger partial charge is 0.497 e. The van der Waals surface area contributed by atoms with Crippen LogP contribution in [-0.4, -0.2) is 89.3 Å². The van der Waals surface area contributed by atoms with Gasteiger partial charge in [0.2, 0.25) is 5.91 Å². The van der Waals surface area contributed by atoms with E-state index >= 15 is 0 Å². The zero-order chi connectivity index (χ0) is 70.9. The molecule has 3 atom stereocenters. The van der Waals surface area contributed by atoms with E-state index in [9.17, 15) is 24.0 Å². The van der Waals surface area contributed by atoms with Crippen LogP contribution in [0.3, 0.4) is 0 Å². The van der Waals surface area contributed by atoms with Crippen molar-refractivity contribution in [3.05, 3.63) is 260 Å². The molecule has 0 radical (unpaired) electrons. The third-order valence-electron chi connectivity index (χ3n) is 16.0. The van der Waals surface area contributed by atoms with Crippen LogP contribution in [0.4, 0.5) is 4.79 Å². The Bertz CT molecular complexity index is 4740. The van der Waals surface area contributed by atoms with E-state index in [1.165, 1.54) is 6.92 Å². The third-order valence-corrected chi connectivity index (χ3v) is 16.7. The second-order valence-corrected chi connectivity index (χ2v) is 36.0. The quantitative estimate of drug-likeness (QED) is 0.0820. The first-order chi connectivity index (χ1) is 46.7. The van der Waals surface area contributed by atoms with Crippen molar-refractivity contribution in [2.45, 2.75) is 51.4 Å². The normalized spacial score (nSPS) is 14.7. The zero-order valence-corrected chi connectivity index (χ0v) is 64.0. The maximum Gasteiger partial charge on any atom is 0.407 e. The van der Waals surface area contributed by atoms with Crippen LogP contribution in [0.1, 0.15) is 95.9 Å². The van der Waals surface area contributed by atoms with Crippen molar-refractivity contribution in [2.24, 2.45) is 41.9 Å². The van der Waals surface area contributed by atoms with Gasteiger partial charge in [0.05, 0.1) is 56.6 Å². The lowest BCUT2D eigenvalue weighted by molar-refractivity contribution is -0.119. The second kappa shape index (κ2) is 33.0. The number of aromatic nitrogens is 3. The number of fused-ring (bicyclic) bond motifs is 9. The minimum atomic E-state index is -0.633. The fourth-order valence-corrected chi connectivity index (χ4v) is 11.7. The van der Waals surface area contributed by atoms with Crippen molar-refractivity contribution in [1.29, 1.82) is 0 Å². The van der Waals surface area contributed by atoms with Crippen LogP contribution in [0, 0.1) is 0 Å². The maximum atomic E-state index is 12.6. The van der Waals surface area contributed by atoms with Gasteiger partial charge in [-0.15, -0.1) is 0 Å². The van der Waals surface area contributed by atoms with E-state index in [4.69, 9.17) is 74.5 Å². The summed E-state index contributed by atoms with van der Waals surface area (Å²) in [6.45, 7) is 7.59. The van der Waals surface area contributed by atoms with E-state index in [1.807, 2.05) is 134 Å². The minimum absolute atomic E-state index is 0.0857. The van der Waals surface area contributed by atoms with Gasteiger partial charge in [0.1, 0.15) is 22.8 Å². The molecular weight excluding hydrogens is 1650 g/mol. The molecule has 6 aromatic carbocycles. The molecule has 18 nitrogen and oxygen atoms in total. The molecule has 0 aliphatic carbocycles. The number of alkyl carbamates (subject to hydrolysis) is 1. The first kappa shape index (κ1) is 74.6. The van der Waals surface area contributed by atoms with Crippen LogP contribution >= 0.6 is 103 Å². The van der Waals surface area contributed by atoms with Crippen LogP contribution in [0.2, 0.25) is 15.1 Å². The van der Waals surface area contributed by atoms with E-state index in [1.54, 1.807) is 107 Å². The minimum Gasteiger partial charge on any atom is -0.497 e. The van der Waals surface area contributed by atoms with E-state index in [2.05, 4.69) is 78.4 Å². The van der Waals surface area contributed by atoms with Gasteiger partial charge in [-0.25, -0.2) is 4.79 Å². The van der Waals surface area contributed by atoms with E-state index in [-0.39, 0.29) is 41.7 Å². The number of aliphatic imine (C=N–C) groups is 3. The number of methoxy groups -OCH3 is 3. The number of alkyl halides is 3. The summed E-state index contributed by atoms with van der Waals surface area (Å²) in [5, 5.41) is 7.57. The molecule has 0 saturated carbocycles. The second-order valence-electron chi connectivity index (χ2n) is 23.8. The van der Waals surface area contributed by atoms with E-state index in [0.717, 1.165) is 101 Å². The summed E-state index contributed by atoms with van der Waals surface area (Å²) in [4.78, 5) is 76.6. The fraction of sp³-hybridized carbons (Fsp3) is 0.243. The predicted octanol–water partition coefficient (Wildman–Crippen LogP) is 15.0. The van der Waals surface area contributed by atoms with Crippen molar-refractivity contribution in [1.82, 2.24) is 24.3 Å². The average Bonchev–Trinajstić information content (AvgIpc) is 1.60. The zero-order valence-electron chi connectivity index (χ0n) is 55.2. The molecule has 3 aliphatic heterocycles. The number of carbonyl (C=O) groups excluding carboxylic acids is 2. The van der Waals surface area contributed by atoms with Gasteiger partial charge in [0.25, 0.3) is 16.7 Å². The van der Waals surface area contributed by atoms with Crippen molar-refractivity contribution >= 4 is 132 Å². The number of pyridine rings is 3. The smallest absolute Gasteiger partial charge is 0.407 e. The van der Waals surface area contributed by atoms with Gasteiger partial charge in [-0.1, -0.05) is 139 Å². The first-order valence-electron chi connectivity index (χ1n) is 30.7. The average molecular weight is 1720 g/mol. The Morgan fingerprint density at radius 2 is 0.776 bits per heavy atom. The number of ether oxygens (including phenoxy) is 4. The van der Waals surface area contributed by atoms with Crippen LogP contribution in [-0.2, 0) is 30.7 Å². The van der Waals surface area contributed by atoms with Gasteiger partial charge in [0.15, 0.2) is 0 Å². The summed E-state index contributed by atoms with van der Waals surface area (Å²) >= 11 is 25.3. The molecule has 4 N–H and O–H groups in total. The molecule has 3 aromatic heterocycles. The lowest BCUT2D eigenvalue weighted by atomic mass is 9.92. The molecule has 24 heteroatoms. The first-order valence-corrected chi connectivity index (χ1v) is 35.6. The lowest BCUT2D eigenvalue weighted by Crippen LogP contribution is -2.35. The molecule has 0 spiro atoms. The van der Waals surface area contributed by atoms with Crippen molar-refractivity contribution < 1.29 is 28.5 Å². The SMILES string of the molecule is COc1ccc2c(c1)C(c1ccc(Cl)cc1)=NC(CN)c1cc(=O)n(C)cc1-2.COc1ccc2c(c1)C(c1ccc(Cl)cc1)=NC(CNC(=O)OC(C)(C)C)c1cc(=O)n(C)cc1-2.COc1ccc2c(c1)C(c1ccc(Cl)cc1)=NC(CNC(C)=O)c1cc(=O)n(C)cc1-2.IC(I)I. The molecule has 9 aromatic rings. The highest BCUT2D eigenvalue weighted by atomic mass is 127. The number of nitrogens with zero attached hydrogens (tertiary/aromatic N) is 6. The van der Waals surface area contributed by atoms with Gasteiger partial charge in [-0.2, -0.15) is 0 Å². The Balaban J connectivity index is 0.000000168. The van der Waals surface area contributed by atoms with Crippen LogP contribution in [0.15, 0.2) is 194 Å². The number of nitrogens with one attached hydrogen (secondary N) is 2. The Labute approximate surface area is 624 Å². The number of amides is 2. The Hall–Kier alpha value is -7.66. The molecule has 2 amide bonds. The maximum absolute atomic E-state index is 12.6. The summed E-state index contributed by atoms with van der Waals surface area (Å²) in [7, 11) is 10.1. The van der Waals surface area contributed by atoms with Gasteiger partial charge in [-0.05, 0) is 145 Å². The van der Waals surface area contributed by atoms with Crippen LogP contribution in [0.5, 0.6) is 17.2 Å². The van der Waals surface area contributed by atoms with Crippen LogP contribution < -0.4 is 47.3 Å². The Morgan fingerprint density at radius 1 is 0.480 bits per heavy atom. The summed E-state index contributed by atoms with van der Waals surface area (Å²) in [5.41, 5.74) is 20.5. The number of halogens is 6. The Kier molecular flexibility index (Phi) is 25.1. The van der Waals surface area contributed by atoms with Gasteiger partial charge in [0, 0.05) is 150 Å². The van der Waals surface area contributed by atoms with E-state index in [0.29, 0.717) is 38.8 Å². The summed E-state index contributed by atoms with van der Waals surface area (Å²) < 4.78 is 27.3. The van der Waals surface area contributed by atoms with Gasteiger partial charge in [-0.3, -0.25) is 34.2 Å². The number of hydrogen-bond acceptors (Lipinski definition) is 13. The number of hydrogen-bond donors (Lipinski definition) is 3. The monoisotopic (exact) mass is 1720 g/mol. The molecule has 3 aliphatic rings. The number of carbonyl (C=O) groups is 2. The number of aryl methyl sites for hydroxylation is 3. The fourth-order valence-electron chi connectivity index (χ4n) is 11.3. The van der Waals surface area contributed by atoms with Crippen molar-refractivity contribution in [3.63, 3.8) is 0 Å². The predicted molar refractivity (Wildman–Crippen MR) is 418 cm³/mol. The lowest BCUT2D eigenvalue weighted by Gasteiger charge is -2.21. The van der Waals surface area contributed by atoms with E-state index < -0.39 is 23.8 Å². The molecular formula is C74H71Cl3I3N9O9. The van der Waals surface area contributed by atoms with Crippen LogP contribution in [0.25, 0.3) is 33.4 Å². The van der Waals surface area contributed by atoms with Crippen molar-refractivity contribution in [2.75, 3.05) is 41.0 Å². The Morgan fingerprint density at radius 3 is 1.06 bits per heavy atom. The molecule has 6 heterocycles. The molecule has 3 unspecified atom stereocenters. The topological polar surface area (TPSA) is 224 Å². The molecule has 0 saturated heterocycles. The highest BCUT2D eigenvalue weighted by molar-refractivity contribution is 14.3. The number of rotatable bonds is 11. The highest BCUT2D eigenvalue weighted by Crippen LogP contribution is 2.42. The van der Waals surface area contributed by atoms with Gasteiger partial charge < -0.3 is 49.0 Å². The molecule has 0 fully saturated rings.